The van der Waals surface area contributed by atoms with Gasteiger partial charge in [-0.05, 0) is 44.0 Å². The Labute approximate surface area is 187 Å². The predicted molar refractivity (Wildman–Crippen MR) is 129 cm³/mol. The summed E-state index contributed by atoms with van der Waals surface area (Å²) in [6.07, 6.45) is 1.98. The average Bonchev–Trinajstić information content (AvgIpc) is 3.15. The van der Waals surface area contributed by atoms with E-state index < -0.39 is 0 Å². The van der Waals surface area contributed by atoms with Crippen molar-refractivity contribution in [2.75, 3.05) is 42.0 Å². The number of nitrogens with two attached hydrogens (primary N) is 1. The third-order valence-corrected chi connectivity index (χ3v) is 5.31. The van der Waals surface area contributed by atoms with Gasteiger partial charge in [-0.2, -0.15) is 0 Å². The number of nitrogen functional groups attached to an aromatic ring is 1. The third kappa shape index (κ3) is 4.42. The van der Waals surface area contributed by atoms with Crippen molar-refractivity contribution in [1.29, 1.82) is 0 Å². The van der Waals surface area contributed by atoms with E-state index in [1.54, 1.807) is 0 Å². The number of pyridine rings is 1. The number of rotatable bonds is 8. The van der Waals surface area contributed by atoms with Gasteiger partial charge in [0.05, 0.1) is 18.5 Å². The topological polar surface area (TPSA) is 114 Å². The molecule has 0 unspecified atom stereocenters. The summed E-state index contributed by atoms with van der Waals surface area (Å²) in [7, 11) is 1.53. The van der Waals surface area contributed by atoms with Gasteiger partial charge in [-0.15, -0.1) is 0 Å². The van der Waals surface area contributed by atoms with Gasteiger partial charge in [0.2, 0.25) is 5.95 Å². The first-order valence-electron chi connectivity index (χ1n) is 10.4. The second-order valence-electron chi connectivity index (χ2n) is 7.61. The Morgan fingerprint density at radius 3 is 2.59 bits per heavy atom. The van der Waals surface area contributed by atoms with Crippen molar-refractivity contribution in [1.82, 2.24) is 19.4 Å². The molecule has 0 aliphatic heterocycles. The molecule has 9 heteroatoms. The first-order chi connectivity index (χ1) is 15.5. The number of aryl methyl sites for hydroxylation is 2. The van der Waals surface area contributed by atoms with Crippen LogP contribution in [0.1, 0.15) is 16.8 Å². The highest BCUT2D eigenvalue weighted by molar-refractivity contribution is 5.70. The van der Waals surface area contributed by atoms with Gasteiger partial charge in [-0.25, -0.2) is 15.0 Å². The van der Waals surface area contributed by atoms with E-state index in [1.165, 1.54) is 18.2 Å². The van der Waals surface area contributed by atoms with Gasteiger partial charge in [0.25, 0.3) is 0 Å². The average molecular weight is 433 g/mol. The quantitative estimate of drug-likeness (QED) is 0.246. The standard InChI is InChI=1S/C23H28N8O/c1-14-6-5-7-17(16(14)3)19-12-21-27-15(2)13-31(21)23(28-19)26-11-10-25-20-9-8-18(30-32-4)22(24)29-20/h5-9,12-13,30H,10-11H2,1-4H3,(H,26,28)(H3,24,25,29). The Morgan fingerprint density at radius 2 is 1.81 bits per heavy atom. The van der Waals surface area contributed by atoms with Gasteiger partial charge in [-0.1, -0.05) is 18.2 Å². The normalized spacial score (nSPS) is 11.0. The van der Waals surface area contributed by atoms with Crippen molar-refractivity contribution in [2.45, 2.75) is 20.8 Å². The van der Waals surface area contributed by atoms with Crippen LogP contribution < -0.4 is 21.8 Å². The number of aromatic nitrogens is 4. The van der Waals surface area contributed by atoms with E-state index in [1.807, 2.05) is 35.7 Å². The second-order valence-corrected chi connectivity index (χ2v) is 7.61. The summed E-state index contributed by atoms with van der Waals surface area (Å²) >= 11 is 0. The Kier molecular flexibility index (Phi) is 6.09. The zero-order valence-electron chi connectivity index (χ0n) is 18.7. The van der Waals surface area contributed by atoms with Crippen LogP contribution in [0.5, 0.6) is 0 Å². The lowest BCUT2D eigenvalue weighted by Crippen LogP contribution is -2.17. The molecule has 0 saturated carbocycles. The minimum absolute atomic E-state index is 0.364. The third-order valence-electron chi connectivity index (χ3n) is 5.31. The largest absolute Gasteiger partial charge is 0.382 e. The highest BCUT2D eigenvalue weighted by Gasteiger charge is 2.12. The maximum absolute atomic E-state index is 5.93. The molecule has 0 spiro atoms. The number of nitrogens with one attached hydrogen (secondary N) is 3. The molecule has 0 amide bonds. The van der Waals surface area contributed by atoms with Gasteiger partial charge in [0, 0.05) is 30.9 Å². The van der Waals surface area contributed by atoms with E-state index >= 15 is 0 Å². The number of benzene rings is 1. The number of anilines is 4. The first-order valence-corrected chi connectivity index (χ1v) is 10.4. The molecule has 32 heavy (non-hydrogen) atoms. The van der Waals surface area contributed by atoms with Crippen molar-refractivity contribution in [3.63, 3.8) is 0 Å². The molecule has 5 N–H and O–H groups in total. The number of fused-ring (bicyclic) bond motifs is 1. The van der Waals surface area contributed by atoms with Crippen LogP contribution >= 0.6 is 0 Å². The summed E-state index contributed by atoms with van der Waals surface area (Å²) in [6.45, 7) is 7.48. The van der Waals surface area contributed by atoms with Crippen LogP contribution in [-0.4, -0.2) is 39.6 Å². The predicted octanol–water partition coefficient (Wildman–Crippen LogP) is 3.80. The van der Waals surface area contributed by atoms with E-state index in [0.717, 1.165) is 28.5 Å². The lowest BCUT2D eigenvalue weighted by molar-refractivity contribution is 0.271. The summed E-state index contributed by atoms with van der Waals surface area (Å²) in [5.74, 6) is 1.79. The highest BCUT2D eigenvalue weighted by Crippen LogP contribution is 2.26. The maximum atomic E-state index is 5.93. The molecule has 1 aromatic carbocycles. The van der Waals surface area contributed by atoms with Gasteiger partial charge in [0.15, 0.2) is 5.82 Å². The fraction of sp³-hybridized carbons (Fsp3) is 0.261. The zero-order valence-corrected chi connectivity index (χ0v) is 18.7. The fourth-order valence-electron chi connectivity index (χ4n) is 3.54. The Morgan fingerprint density at radius 1 is 1.00 bits per heavy atom. The molecule has 166 valence electrons. The van der Waals surface area contributed by atoms with Crippen LogP contribution in [0.15, 0.2) is 42.6 Å². The van der Waals surface area contributed by atoms with Crippen LogP contribution in [0.3, 0.4) is 0 Å². The van der Waals surface area contributed by atoms with Gasteiger partial charge in [0.1, 0.15) is 17.2 Å². The molecule has 0 radical (unpaired) electrons. The summed E-state index contributed by atoms with van der Waals surface area (Å²) in [6, 6.07) is 12.0. The SMILES string of the molecule is CONc1ccc(NCCNc2nc(-c3cccc(C)c3C)cc3nc(C)cn23)nc1N. The zero-order chi connectivity index (χ0) is 22.7. The van der Waals surface area contributed by atoms with Crippen LogP contribution in [-0.2, 0) is 4.84 Å². The molecule has 0 aliphatic carbocycles. The molecule has 4 aromatic rings. The number of hydrogen-bond donors (Lipinski definition) is 4. The maximum Gasteiger partial charge on any atom is 0.209 e. The summed E-state index contributed by atoms with van der Waals surface area (Å²) in [5, 5.41) is 6.69. The minimum atomic E-state index is 0.364. The lowest BCUT2D eigenvalue weighted by Gasteiger charge is -2.13. The van der Waals surface area contributed by atoms with Gasteiger partial charge < -0.3 is 16.4 Å². The van der Waals surface area contributed by atoms with Crippen molar-refractivity contribution in [2.24, 2.45) is 0 Å². The summed E-state index contributed by atoms with van der Waals surface area (Å²) in [5.41, 5.74) is 15.5. The van der Waals surface area contributed by atoms with Crippen molar-refractivity contribution in [3.05, 3.63) is 59.4 Å². The Hall–Kier alpha value is -3.85. The monoisotopic (exact) mass is 432 g/mol. The second kappa shape index (κ2) is 9.11. The van der Waals surface area contributed by atoms with Crippen LogP contribution in [0.4, 0.5) is 23.3 Å². The van der Waals surface area contributed by atoms with Crippen LogP contribution in [0, 0.1) is 20.8 Å². The molecule has 0 fully saturated rings. The Bertz CT molecular complexity index is 1250. The molecular formula is C23H28N8O. The molecule has 9 nitrogen and oxygen atoms in total. The van der Waals surface area contributed by atoms with Crippen molar-refractivity contribution < 1.29 is 4.84 Å². The molecule has 0 bridgehead atoms. The fourth-order valence-corrected chi connectivity index (χ4v) is 3.54. The van der Waals surface area contributed by atoms with E-state index in [4.69, 9.17) is 15.6 Å². The highest BCUT2D eigenvalue weighted by atomic mass is 16.6. The van der Waals surface area contributed by atoms with E-state index in [9.17, 15) is 0 Å². The smallest absolute Gasteiger partial charge is 0.209 e. The number of hydrogen-bond acceptors (Lipinski definition) is 8. The summed E-state index contributed by atoms with van der Waals surface area (Å²) < 4.78 is 1.98. The number of imidazole rings is 1. The van der Waals surface area contributed by atoms with Gasteiger partial charge >= 0.3 is 0 Å². The first kappa shape index (κ1) is 21.4. The van der Waals surface area contributed by atoms with Crippen LogP contribution in [0.2, 0.25) is 0 Å². The molecule has 0 saturated heterocycles. The molecule has 0 aliphatic rings. The minimum Gasteiger partial charge on any atom is -0.382 e. The summed E-state index contributed by atoms with van der Waals surface area (Å²) in [4.78, 5) is 18.8. The van der Waals surface area contributed by atoms with E-state index in [-0.39, 0.29) is 0 Å². The van der Waals surface area contributed by atoms with Crippen LogP contribution in [0.25, 0.3) is 16.9 Å². The molecule has 3 heterocycles. The lowest BCUT2D eigenvalue weighted by atomic mass is 10.0. The van der Waals surface area contributed by atoms with Crippen molar-refractivity contribution >= 4 is 28.9 Å². The molecule has 0 atom stereocenters. The Balaban J connectivity index is 1.51. The molecule has 4 rings (SSSR count). The van der Waals surface area contributed by atoms with E-state index in [2.05, 4.69) is 58.1 Å². The van der Waals surface area contributed by atoms with Crippen molar-refractivity contribution in [3.8, 4) is 11.3 Å². The van der Waals surface area contributed by atoms with Gasteiger partial charge in [-0.3, -0.25) is 14.7 Å². The molecule has 3 aromatic heterocycles. The molecular weight excluding hydrogens is 404 g/mol. The number of nitrogens with zero attached hydrogens (tertiary/aromatic N) is 4. The van der Waals surface area contributed by atoms with E-state index in [0.29, 0.717) is 30.4 Å².